The van der Waals surface area contributed by atoms with Crippen molar-refractivity contribution in [1.29, 1.82) is 0 Å². The van der Waals surface area contributed by atoms with Crippen LogP contribution in [-0.4, -0.2) is 0 Å². The van der Waals surface area contributed by atoms with Crippen molar-refractivity contribution in [2.45, 2.75) is 57.8 Å². The van der Waals surface area contributed by atoms with Crippen LogP contribution in [0.4, 0.5) is 4.39 Å². The van der Waals surface area contributed by atoms with Gasteiger partial charge >= 0.3 is 0 Å². The molecule has 0 aromatic heterocycles. The summed E-state index contributed by atoms with van der Waals surface area (Å²) in [4.78, 5) is 0. The van der Waals surface area contributed by atoms with Crippen molar-refractivity contribution in [3.63, 3.8) is 0 Å². The van der Waals surface area contributed by atoms with Crippen LogP contribution < -0.4 is 0 Å². The summed E-state index contributed by atoms with van der Waals surface area (Å²) in [6.45, 7) is 2.36. The Kier molecular flexibility index (Phi) is 4.92. The van der Waals surface area contributed by atoms with Gasteiger partial charge in [-0.25, -0.2) is 4.39 Å². The molecule has 0 aliphatic heterocycles. The van der Waals surface area contributed by atoms with E-state index >= 15 is 0 Å². The van der Waals surface area contributed by atoms with Gasteiger partial charge in [0.05, 0.1) is 0 Å². The molecule has 2 aromatic carbocycles. The average Bonchev–Trinajstić information content (AvgIpc) is 2.67. The highest BCUT2D eigenvalue weighted by molar-refractivity contribution is 5.63. The first-order valence-corrected chi connectivity index (χ1v) is 10.1. The van der Waals surface area contributed by atoms with Crippen molar-refractivity contribution in [2.24, 2.45) is 17.8 Å². The minimum atomic E-state index is -0.164. The highest BCUT2D eigenvalue weighted by Crippen LogP contribution is 2.48. The number of hydrogen-bond donors (Lipinski definition) is 0. The standard InChI is InChI=1S/C24H29F/c1-2-17-6-7-23-15-22(13-12-21(23)14-17)19-10-8-18(9-11-19)20-4-3-5-24(25)16-20/h3-5,8-11,16-17,21-23H,2,6-7,12-15H2,1H3. The normalized spacial score (nSPS) is 29.2. The largest absolute Gasteiger partial charge is 0.207 e. The van der Waals surface area contributed by atoms with Crippen LogP contribution in [0.5, 0.6) is 0 Å². The summed E-state index contributed by atoms with van der Waals surface area (Å²) in [6.07, 6.45) is 9.87. The van der Waals surface area contributed by atoms with E-state index in [0.29, 0.717) is 0 Å². The quantitative estimate of drug-likeness (QED) is 0.556. The van der Waals surface area contributed by atoms with Crippen LogP contribution in [0.1, 0.15) is 63.4 Å². The zero-order valence-electron chi connectivity index (χ0n) is 15.3. The Hall–Kier alpha value is -1.63. The molecule has 25 heavy (non-hydrogen) atoms. The summed E-state index contributed by atoms with van der Waals surface area (Å²) in [6, 6.07) is 15.8. The molecule has 2 aliphatic carbocycles. The lowest BCUT2D eigenvalue weighted by Crippen LogP contribution is -2.30. The van der Waals surface area contributed by atoms with E-state index in [1.54, 1.807) is 12.1 Å². The molecule has 1 heteroatoms. The van der Waals surface area contributed by atoms with Gasteiger partial charge in [0.1, 0.15) is 5.82 Å². The SMILES string of the molecule is CCC1CCC2CC(c3ccc(-c4cccc(F)c4)cc3)CCC2C1. The van der Waals surface area contributed by atoms with Crippen molar-refractivity contribution >= 4 is 0 Å². The molecule has 2 saturated carbocycles. The molecule has 4 unspecified atom stereocenters. The Morgan fingerprint density at radius 2 is 1.60 bits per heavy atom. The van der Waals surface area contributed by atoms with E-state index in [9.17, 15) is 4.39 Å². The first-order valence-electron chi connectivity index (χ1n) is 10.1. The van der Waals surface area contributed by atoms with Crippen molar-refractivity contribution in [1.82, 2.24) is 0 Å². The zero-order chi connectivity index (χ0) is 17.2. The molecule has 2 aliphatic rings. The van der Waals surface area contributed by atoms with Crippen LogP contribution in [0, 0.1) is 23.6 Å². The van der Waals surface area contributed by atoms with E-state index in [2.05, 4.69) is 31.2 Å². The lowest BCUT2D eigenvalue weighted by molar-refractivity contribution is 0.116. The first-order chi connectivity index (χ1) is 12.2. The van der Waals surface area contributed by atoms with E-state index < -0.39 is 0 Å². The fourth-order valence-electron chi connectivity index (χ4n) is 5.28. The predicted molar refractivity (Wildman–Crippen MR) is 103 cm³/mol. The molecule has 2 fully saturated rings. The fourth-order valence-corrected chi connectivity index (χ4v) is 5.28. The van der Waals surface area contributed by atoms with Crippen molar-refractivity contribution < 1.29 is 4.39 Å². The van der Waals surface area contributed by atoms with Gasteiger partial charge < -0.3 is 0 Å². The second-order valence-electron chi connectivity index (χ2n) is 8.25. The van der Waals surface area contributed by atoms with Crippen molar-refractivity contribution in [3.8, 4) is 11.1 Å². The number of halogens is 1. The molecule has 132 valence electrons. The molecule has 4 rings (SSSR count). The highest BCUT2D eigenvalue weighted by Gasteiger charge is 2.35. The van der Waals surface area contributed by atoms with Crippen molar-refractivity contribution in [2.75, 3.05) is 0 Å². The molecule has 0 radical (unpaired) electrons. The Bertz CT molecular complexity index is 702. The van der Waals surface area contributed by atoms with E-state index in [-0.39, 0.29) is 5.82 Å². The maximum Gasteiger partial charge on any atom is 0.123 e. The maximum absolute atomic E-state index is 13.4. The molecule has 0 spiro atoms. The van der Waals surface area contributed by atoms with E-state index in [1.165, 1.54) is 56.6 Å². The third kappa shape index (κ3) is 3.66. The molecule has 0 nitrogen and oxygen atoms in total. The number of rotatable bonds is 3. The summed E-state index contributed by atoms with van der Waals surface area (Å²) < 4.78 is 13.4. The zero-order valence-corrected chi connectivity index (χ0v) is 15.3. The predicted octanol–water partition coefficient (Wildman–Crippen LogP) is 7.20. The second-order valence-corrected chi connectivity index (χ2v) is 8.25. The Labute approximate surface area is 151 Å². The minimum absolute atomic E-state index is 0.164. The maximum atomic E-state index is 13.4. The van der Waals surface area contributed by atoms with Crippen LogP contribution in [0.3, 0.4) is 0 Å². The van der Waals surface area contributed by atoms with E-state index in [0.717, 1.165) is 34.8 Å². The molecule has 0 amide bonds. The third-order valence-corrected chi connectivity index (χ3v) is 6.84. The topological polar surface area (TPSA) is 0 Å². The van der Waals surface area contributed by atoms with Crippen LogP contribution in [0.25, 0.3) is 11.1 Å². The summed E-state index contributed by atoms with van der Waals surface area (Å²) in [5.41, 5.74) is 3.56. The Morgan fingerprint density at radius 3 is 2.36 bits per heavy atom. The Balaban J connectivity index is 1.45. The Morgan fingerprint density at radius 1 is 0.840 bits per heavy atom. The van der Waals surface area contributed by atoms with E-state index in [4.69, 9.17) is 0 Å². The molecule has 0 bridgehead atoms. The van der Waals surface area contributed by atoms with Gasteiger partial charge in [0.15, 0.2) is 0 Å². The van der Waals surface area contributed by atoms with Crippen LogP contribution in [0.15, 0.2) is 48.5 Å². The monoisotopic (exact) mass is 336 g/mol. The average molecular weight is 336 g/mol. The van der Waals surface area contributed by atoms with Gasteiger partial charge in [0, 0.05) is 0 Å². The third-order valence-electron chi connectivity index (χ3n) is 6.84. The molecule has 0 heterocycles. The fraction of sp³-hybridized carbons (Fsp3) is 0.500. The molecule has 2 aromatic rings. The van der Waals surface area contributed by atoms with Crippen LogP contribution in [-0.2, 0) is 0 Å². The van der Waals surface area contributed by atoms with Crippen molar-refractivity contribution in [3.05, 3.63) is 59.9 Å². The summed E-state index contributed by atoms with van der Waals surface area (Å²) in [5, 5.41) is 0. The summed E-state index contributed by atoms with van der Waals surface area (Å²) >= 11 is 0. The van der Waals surface area contributed by atoms with Gasteiger partial charge in [-0.1, -0.05) is 56.2 Å². The van der Waals surface area contributed by atoms with Gasteiger partial charge in [-0.15, -0.1) is 0 Å². The van der Waals surface area contributed by atoms with Crippen LogP contribution in [0.2, 0.25) is 0 Å². The molecule has 0 saturated heterocycles. The molecular formula is C24H29F. The molecular weight excluding hydrogens is 307 g/mol. The number of hydrogen-bond acceptors (Lipinski definition) is 0. The number of benzene rings is 2. The van der Waals surface area contributed by atoms with Gasteiger partial charge in [0.25, 0.3) is 0 Å². The smallest absolute Gasteiger partial charge is 0.123 e. The first kappa shape index (κ1) is 16.8. The van der Waals surface area contributed by atoms with Gasteiger partial charge in [-0.3, -0.25) is 0 Å². The molecule has 4 atom stereocenters. The number of fused-ring (bicyclic) bond motifs is 1. The molecule has 0 N–H and O–H groups in total. The van der Waals surface area contributed by atoms with Gasteiger partial charge in [-0.05, 0) is 84.6 Å². The summed E-state index contributed by atoms with van der Waals surface area (Å²) in [5.74, 6) is 3.48. The lowest BCUT2D eigenvalue weighted by atomic mass is 9.63. The van der Waals surface area contributed by atoms with Gasteiger partial charge in [-0.2, -0.15) is 0 Å². The lowest BCUT2D eigenvalue weighted by Gasteiger charge is -2.42. The summed E-state index contributed by atoms with van der Waals surface area (Å²) in [7, 11) is 0. The van der Waals surface area contributed by atoms with Gasteiger partial charge in [0.2, 0.25) is 0 Å². The highest BCUT2D eigenvalue weighted by atomic mass is 19.1. The second kappa shape index (κ2) is 7.32. The minimum Gasteiger partial charge on any atom is -0.207 e. The van der Waals surface area contributed by atoms with E-state index in [1.807, 2.05) is 6.07 Å². The van der Waals surface area contributed by atoms with Crippen LogP contribution >= 0.6 is 0 Å².